The van der Waals surface area contributed by atoms with E-state index in [2.05, 4.69) is 13.0 Å². The van der Waals surface area contributed by atoms with E-state index >= 15 is 0 Å². The average molecular weight is 209 g/mol. The number of hydrogen-bond donors (Lipinski definition) is 1. The largest absolute Gasteiger partial charge is 0.389 e. The van der Waals surface area contributed by atoms with Gasteiger partial charge < -0.3 is 9.84 Å². The lowest BCUT2D eigenvalue weighted by molar-refractivity contribution is 0.123. The Hall–Kier alpha value is -0.850. The Bertz CT molecular complexity index is 255. The predicted octanol–water partition coefficient (Wildman–Crippen LogP) is 1.88. The van der Waals surface area contributed by atoms with Gasteiger partial charge in [-0.2, -0.15) is 5.26 Å². The Labute approximate surface area is 91.4 Å². The Morgan fingerprint density at radius 1 is 1.67 bits per heavy atom. The molecule has 3 nitrogen and oxygen atoms in total. The molecule has 4 atom stereocenters. The van der Waals surface area contributed by atoms with Crippen molar-refractivity contribution < 1.29 is 9.84 Å². The van der Waals surface area contributed by atoms with Crippen LogP contribution in [0.25, 0.3) is 0 Å². The fourth-order valence-corrected chi connectivity index (χ4v) is 1.98. The highest BCUT2D eigenvalue weighted by Crippen LogP contribution is 2.31. The molecule has 0 bridgehead atoms. The number of rotatable bonds is 4. The zero-order valence-electron chi connectivity index (χ0n) is 9.39. The molecule has 15 heavy (non-hydrogen) atoms. The first kappa shape index (κ1) is 12.2. The molecule has 0 aromatic heterocycles. The second kappa shape index (κ2) is 5.89. The molecule has 0 aromatic carbocycles. The molecule has 0 aromatic rings. The molecule has 3 heteroatoms. The van der Waals surface area contributed by atoms with Gasteiger partial charge >= 0.3 is 0 Å². The summed E-state index contributed by atoms with van der Waals surface area (Å²) in [7, 11) is 0. The summed E-state index contributed by atoms with van der Waals surface area (Å²) < 4.78 is 5.62. The third kappa shape index (κ3) is 3.65. The Balaban J connectivity index is 2.52. The van der Waals surface area contributed by atoms with Crippen molar-refractivity contribution in [3.63, 3.8) is 0 Å². The van der Waals surface area contributed by atoms with E-state index in [-0.39, 0.29) is 6.10 Å². The Morgan fingerprint density at radius 2 is 2.40 bits per heavy atom. The zero-order chi connectivity index (χ0) is 11.3. The Morgan fingerprint density at radius 3 is 3.00 bits per heavy atom. The van der Waals surface area contributed by atoms with E-state index < -0.39 is 6.10 Å². The first-order valence-electron chi connectivity index (χ1n) is 5.50. The van der Waals surface area contributed by atoms with Crippen molar-refractivity contribution in [1.82, 2.24) is 0 Å². The molecule has 0 spiro atoms. The molecular weight excluding hydrogens is 190 g/mol. The minimum atomic E-state index is -0.430. The smallest absolute Gasteiger partial charge is 0.0788 e. The lowest BCUT2D eigenvalue weighted by Crippen LogP contribution is -2.17. The van der Waals surface area contributed by atoms with Crippen molar-refractivity contribution >= 4 is 0 Å². The van der Waals surface area contributed by atoms with Crippen molar-refractivity contribution in [3.05, 3.63) is 12.2 Å². The van der Waals surface area contributed by atoms with Crippen LogP contribution in [0.5, 0.6) is 0 Å². The van der Waals surface area contributed by atoms with Crippen molar-refractivity contribution in [3.8, 4) is 6.07 Å². The zero-order valence-corrected chi connectivity index (χ0v) is 9.39. The van der Waals surface area contributed by atoms with Crippen LogP contribution >= 0.6 is 0 Å². The van der Waals surface area contributed by atoms with E-state index in [0.29, 0.717) is 18.3 Å². The summed E-state index contributed by atoms with van der Waals surface area (Å²) in [5, 5.41) is 17.7. The Kier molecular flexibility index (Phi) is 4.80. The van der Waals surface area contributed by atoms with Gasteiger partial charge in [0.15, 0.2) is 0 Å². The third-order valence-electron chi connectivity index (χ3n) is 2.87. The van der Waals surface area contributed by atoms with Gasteiger partial charge in [-0.05, 0) is 25.2 Å². The van der Waals surface area contributed by atoms with Crippen molar-refractivity contribution in [2.45, 2.75) is 38.9 Å². The van der Waals surface area contributed by atoms with Gasteiger partial charge in [0.1, 0.15) is 0 Å². The summed E-state index contributed by atoms with van der Waals surface area (Å²) in [6.07, 6.45) is 4.78. The van der Waals surface area contributed by atoms with E-state index in [4.69, 9.17) is 15.1 Å². The van der Waals surface area contributed by atoms with E-state index in [1.807, 2.05) is 6.08 Å². The molecule has 0 saturated carbocycles. The number of aliphatic hydroxyl groups excluding tert-OH is 1. The van der Waals surface area contributed by atoms with Crippen molar-refractivity contribution in [2.24, 2.45) is 11.8 Å². The third-order valence-corrected chi connectivity index (χ3v) is 2.87. The van der Waals surface area contributed by atoms with Crippen LogP contribution < -0.4 is 0 Å². The molecule has 1 saturated heterocycles. The SMILES string of the molecule is C[C@H](O)/C=C/[C@H]1OC[C@H](C)[C@@H]1CCC#N. The fourth-order valence-electron chi connectivity index (χ4n) is 1.98. The molecule has 1 aliphatic rings. The van der Waals surface area contributed by atoms with Gasteiger partial charge in [-0.25, -0.2) is 0 Å². The maximum absolute atomic E-state index is 9.15. The molecule has 0 radical (unpaired) electrons. The normalized spacial score (nSPS) is 33.1. The fraction of sp³-hybridized carbons (Fsp3) is 0.750. The number of hydrogen-bond acceptors (Lipinski definition) is 3. The van der Waals surface area contributed by atoms with Crippen LogP contribution in [-0.2, 0) is 4.74 Å². The number of ether oxygens (including phenoxy) is 1. The summed E-state index contributed by atoms with van der Waals surface area (Å²) in [5.74, 6) is 0.918. The monoisotopic (exact) mass is 209 g/mol. The van der Waals surface area contributed by atoms with E-state index in [0.717, 1.165) is 13.0 Å². The van der Waals surface area contributed by atoms with Crippen LogP contribution in [0.2, 0.25) is 0 Å². The highest BCUT2D eigenvalue weighted by molar-refractivity contribution is 5.00. The summed E-state index contributed by atoms with van der Waals surface area (Å²) in [6, 6.07) is 2.17. The predicted molar refractivity (Wildman–Crippen MR) is 58.1 cm³/mol. The molecule has 0 aliphatic carbocycles. The lowest BCUT2D eigenvalue weighted by atomic mass is 9.88. The van der Waals surface area contributed by atoms with Crippen LogP contribution in [0.3, 0.4) is 0 Å². The maximum Gasteiger partial charge on any atom is 0.0788 e. The van der Waals surface area contributed by atoms with E-state index in [1.54, 1.807) is 13.0 Å². The minimum Gasteiger partial charge on any atom is -0.389 e. The molecule has 1 aliphatic heterocycles. The van der Waals surface area contributed by atoms with Crippen LogP contribution in [0, 0.1) is 23.2 Å². The molecular formula is C12H19NO2. The van der Waals surface area contributed by atoms with E-state index in [9.17, 15) is 0 Å². The first-order valence-corrected chi connectivity index (χ1v) is 5.50. The topological polar surface area (TPSA) is 53.2 Å². The maximum atomic E-state index is 9.15. The second-order valence-corrected chi connectivity index (χ2v) is 4.26. The molecule has 1 heterocycles. The van der Waals surface area contributed by atoms with Gasteiger partial charge in [-0.3, -0.25) is 0 Å². The van der Waals surface area contributed by atoms with Gasteiger partial charge in [0.05, 0.1) is 24.9 Å². The van der Waals surface area contributed by atoms with E-state index in [1.165, 1.54) is 0 Å². The van der Waals surface area contributed by atoms with Crippen LogP contribution in [-0.4, -0.2) is 23.9 Å². The molecule has 1 N–H and O–H groups in total. The highest BCUT2D eigenvalue weighted by Gasteiger charge is 2.32. The molecule has 0 unspecified atom stereocenters. The van der Waals surface area contributed by atoms with Crippen LogP contribution in [0.1, 0.15) is 26.7 Å². The van der Waals surface area contributed by atoms with Gasteiger partial charge in [-0.15, -0.1) is 0 Å². The highest BCUT2D eigenvalue weighted by atomic mass is 16.5. The van der Waals surface area contributed by atoms with Crippen molar-refractivity contribution in [1.29, 1.82) is 5.26 Å². The van der Waals surface area contributed by atoms with Crippen LogP contribution in [0.15, 0.2) is 12.2 Å². The summed E-state index contributed by atoms with van der Waals surface area (Å²) in [5.41, 5.74) is 0. The molecule has 84 valence electrons. The summed E-state index contributed by atoms with van der Waals surface area (Å²) >= 11 is 0. The first-order chi connectivity index (χ1) is 7.15. The molecule has 0 amide bonds. The number of nitriles is 1. The van der Waals surface area contributed by atoms with Crippen LogP contribution in [0.4, 0.5) is 0 Å². The minimum absolute atomic E-state index is 0.0722. The lowest BCUT2D eigenvalue weighted by Gasteiger charge is -2.16. The number of aliphatic hydroxyl groups is 1. The van der Waals surface area contributed by atoms with Gasteiger partial charge in [0, 0.05) is 6.42 Å². The molecule has 1 fully saturated rings. The molecule has 1 rings (SSSR count). The van der Waals surface area contributed by atoms with Gasteiger partial charge in [0.2, 0.25) is 0 Å². The van der Waals surface area contributed by atoms with Crippen molar-refractivity contribution in [2.75, 3.05) is 6.61 Å². The number of nitrogens with zero attached hydrogens (tertiary/aromatic N) is 1. The summed E-state index contributed by atoms with van der Waals surface area (Å²) in [6.45, 7) is 4.63. The summed E-state index contributed by atoms with van der Waals surface area (Å²) in [4.78, 5) is 0. The average Bonchev–Trinajstić information content (AvgIpc) is 2.53. The van der Waals surface area contributed by atoms with Gasteiger partial charge in [0.25, 0.3) is 0 Å². The second-order valence-electron chi connectivity index (χ2n) is 4.26. The quantitative estimate of drug-likeness (QED) is 0.719. The standard InChI is InChI=1S/C12H19NO2/c1-9-8-15-12(6-5-10(2)14)11(9)4-3-7-13/h5-6,9-12,14H,3-4,8H2,1-2H3/b6-5+/t9-,10-,11-,12+/m0/s1. The van der Waals surface area contributed by atoms with Gasteiger partial charge in [-0.1, -0.05) is 19.1 Å².